The lowest BCUT2D eigenvalue weighted by Gasteiger charge is -2.14. The Morgan fingerprint density at radius 1 is 1.57 bits per heavy atom. The van der Waals surface area contributed by atoms with Gasteiger partial charge < -0.3 is 0 Å². The van der Waals surface area contributed by atoms with Crippen molar-refractivity contribution in [2.75, 3.05) is 11.4 Å². The van der Waals surface area contributed by atoms with Gasteiger partial charge in [0, 0.05) is 6.54 Å². The van der Waals surface area contributed by atoms with Crippen LogP contribution in [0.15, 0.2) is 10.7 Å². The number of halogens is 3. The predicted octanol–water partition coefficient (Wildman–Crippen LogP) is 1.26. The molecule has 2 rings (SSSR count). The van der Waals surface area contributed by atoms with Crippen LogP contribution in [0.2, 0.25) is 0 Å². The molecular formula is C7H6BrF2N3O. The minimum absolute atomic E-state index is 0.255. The summed E-state index contributed by atoms with van der Waals surface area (Å²) in [5, 5.41) is 3.92. The van der Waals surface area contributed by atoms with E-state index < -0.39 is 12.3 Å². The number of carbonyl (C=O) groups is 1. The van der Waals surface area contributed by atoms with Crippen LogP contribution in [0, 0.1) is 0 Å². The molecule has 1 aliphatic heterocycles. The molecule has 0 saturated heterocycles. The summed E-state index contributed by atoms with van der Waals surface area (Å²) in [6.07, 6.45) is -1.48. The molecule has 0 spiro atoms. The molecule has 0 bridgehead atoms. The molecule has 0 saturated carbocycles. The highest BCUT2D eigenvalue weighted by Crippen LogP contribution is 2.30. The van der Waals surface area contributed by atoms with Crippen LogP contribution in [-0.2, 0) is 11.3 Å². The van der Waals surface area contributed by atoms with E-state index in [9.17, 15) is 13.6 Å². The molecule has 0 N–H and O–H groups in total. The minimum atomic E-state index is -2.97. The molecule has 0 aliphatic carbocycles. The van der Waals surface area contributed by atoms with Crippen molar-refractivity contribution in [2.45, 2.75) is 13.0 Å². The molecule has 7 heteroatoms. The summed E-state index contributed by atoms with van der Waals surface area (Å²) in [5.41, 5.74) is 0. The molecule has 1 aromatic rings. The second-order valence-electron chi connectivity index (χ2n) is 2.83. The number of nitrogens with zero attached hydrogens (tertiary/aromatic N) is 3. The maximum absolute atomic E-state index is 12.2. The van der Waals surface area contributed by atoms with Crippen LogP contribution in [0.5, 0.6) is 0 Å². The fraction of sp³-hybridized carbons (Fsp3) is 0.429. The molecule has 2 heterocycles. The SMILES string of the molecule is O=C(C(F)F)N1CCn2ncc(Br)c21. The summed E-state index contributed by atoms with van der Waals surface area (Å²) in [6, 6.07) is 0. The topological polar surface area (TPSA) is 38.1 Å². The van der Waals surface area contributed by atoms with Crippen molar-refractivity contribution in [3.8, 4) is 0 Å². The highest BCUT2D eigenvalue weighted by atomic mass is 79.9. The monoisotopic (exact) mass is 265 g/mol. The van der Waals surface area contributed by atoms with Crippen LogP contribution < -0.4 is 4.90 Å². The molecule has 76 valence electrons. The first-order valence-corrected chi connectivity index (χ1v) is 4.71. The predicted molar refractivity (Wildman–Crippen MR) is 48.3 cm³/mol. The van der Waals surface area contributed by atoms with Gasteiger partial charge in [0.15, 0.2) is 0 Å². The van der Waals surface area contributed by atoms with Crippen molar-refractivity contribution in [2.24, 2.45) is 0 Å². The van der Waals surface area contributed by atoms with E-state index in [1.54, 1.807) is 0 Å². The molecule has 0 radical (unpaired) electrons. The third-order valence-corrected chi connectivity index (χ3v) is 2.57. The molecule has 0 atom stereocenters. The largest absolute Gasteiger partial charge is 0.316 e. The Hall–Kier alpha value is -0.980. The second-order valence-corrected chi connectivity index (χ2v) is 3.68. The standard InChI is InChI=1S/C7H6BrF2N3O/c8-4-3-11-13-2-1-12(6(4)13)7(14)5(9)10/h3,5H,1-2H2. The first-order valence-electron chi connectivity index (χ1n) is 3.92. The van der Waals surface area contributed by atoms with Gasteiger partial charge in [-0.2, -0.15) is 13.9 Å². The van der Waals surface area contributed by atoms with Gasteiger partial charge in [0.1, 0.15) is 5.82 Å². The smallest absolute Gasteiger partial charge is 0.289 e. The van der Waals surface area contributed by atoms with Crippen molar-refractivity contribution in [1.29, 1.82) is 0 Å². The summed E-state index contributed by atoms with van der Waals surface area (Å²) in [4.78, 5) is 12.1. The maximum Gasteiger partial charge on any atom is 0.316 e. The van der Waals surface area contributed by atoms with E-state index in [1.165, 1.54) is 10.9 Å². The molecule has 1 aromatic heterocycles. The van der Waals surface area contributed by atoms with E-state index in [1.807, 2.05) is 0 Å². The van der Waals surface area contributed by atoms with Gasteiger partial charge in [-0.05, 0) is 15.9 Å². The Morgan fingerprint density at radius 3 is 2.93 bits per heavy atom. The van der Waals surface area contributed by atoms with Gasteiger partial charge in [0.05, 0.1) is 17.2 Å². The lowest BCUT2D eigenvalue weighted by Crippen LogP contribution is -2.34. The summed E-state index contributed by atoms with van der Waals surface area (Å²) >= 11 is 3.15. The van der Waals surface area contributed by atoms with Crippen LogP contribution in [0.3, 0.4) is 0 Å². The van der Waals surface area contributed by atoms with Crippen LogP contribution in [0.4, 0.5) is 14.6 Å². The quantitative estimate of drug-likeness (QED) is 0.767. The Balaban J connectivity index is 2.33. The number of anilines is 1. The fourth-order valence-corrected chi connectivity index (χ4v) is 1.93. The Bertz CT molecular complexity index is 379. The van der Waals surface area contributed by atoms with Gasteiger partial charge in [-0.25, -0.2) is 4.68 Å². The third kappa shape index (κ3) is 1.31. The van der Waals surface area contributed by atoms with Gasteiger partial charge in [-0.15, -0.1) is 0 Å². The van der Waals surface area contributed by atoms with Gasteiger partial charge in [-0.1, -0.05) is 0 Å². The van der Waals surface area contributed by atoms with Gasteiger partial charge in [0.2, 0.25) is 0 Å². The number of aromatic nitrogens is 2. The fourth-order valence-electron chi connectivity index (χ4n) is 1.42. The average Bonchev–Trinajstić information content (AvgIpc) is 2.68. The molecule has 0 fully saturated rings. The molecular weight excluding hydrogens is 260 g/mol. The van der Waals surface area contributed by atoms with Crippen LogP contribution >= 0.6 is 15.9 Å². The molecule has 1 amide bonds. The molecule has 0 aromatic carbocycles. The molecule has 1 aliphatic rings. The zero-order chi connectivity index (χ0) is 10.3. The maximum atomic E-state index is 12.2. The lowest BCUT2D eigenvalue weighted by atomic mass is 10.5. The number of amides is 1. The summed E-state index contributed by atoms with van der Waals surface area (Å²) in [5.74, 6) is -0.764. The molecule has 14 heavy (non-hydrogen) atoms. The number of rotatable bonds is 1. The molecule has 0 unspecified atom stereocenters. The Kier molecular flexibility index (Phi) is 2.26. The Morgan fingerprint density at radius 2 is 2.29 bits per heavy atom. The summed E-state index contributed by atoms with van der Waals surface area (Å²) < 4.78 is 26.4. The van der Waals surface area contributed by atoms with Gasteiger partial charge in [-0.3, -0.25) is 9.69 Å². The lowest BCUT2D eigenvalue weighted by molar-refractivity contribution is -0.128. The van der Waals surface area contributed by atoms with Crippen molar-refractivity contribution < 1.29 is 13.6 Å². The highest BCUT2D eigenvalue weighted by Gasteiger charge is 2.32. The van der Waals surface area contributed by atoms with Crippen molar-refractivity contribution >= 4 is 27.7 Å². The van der Waals surface area contributed by atoms with Gasteiger partial charge in [0.25, 0.3) is 5.91 Å². The van der Waals surface area contributed by atoms with E-state index in [2.05, 4.69) is 21.0 Å². The number of hydrogen-bond donors (Lipinski definition) is 0. The third-order valence-electron chi connectivity index (χ3n) is 2.01. The number of alkyl halides is 2. The zero-order valence-electron chi connectivity index (χ0n) is 6.95. The van der Waals surface area contributed by atoms with Crippen molar-refractivity contribution in [3.63, 3.8) is 0 Å². The van der Waals surface area contributed by atoms with Crippen LogP contribution in [-0.4, -0.2) is 28.7 Å². The summed E-state index contributed by atoms with van der Waals surface area (Å²) in [6.45, 7) is 0.713. The normalized spacial score (nSPS) is 15.0. The number of carbonyl (C=O) groups excluding carboxylic acids is 1. The number of fused-ring (bicyclic) bond motifs is 1. The Labute approximate surface area is 86.6 Å². The van der Waals surface area contributed by atoms with Crippen LogP contribution in [0.1, 0.15) is 0 Å². The van der Waals surface area contributed by atoms with Crippen LogP contribution in [0.25, 0.3) is 0 Å². The van der Waals surface area contributed by atoms with E-state index in [0.29, 0.717) is 16.8 Å². The first-order chi connectivity index (χ1) is 6.61. The summed E-state index contributed by atoms with van der Waals surface area (Å²) in [7, 11) is 0. The first kappa shape index (κ1) is 9.57. The second kappa shape index (κ2) is 3.30. The van der Waals surface area contributed by atoms with E-state index >= 15 is 0 Å². The van der Waals surface area contributed by atoms with Crippen molar-refractivity contribution in [1.82, 2.24) is 9.78 Å². The van der Waals surface area contributed by atoms with Gasteiger partial charge >= 0.3 is 6.43 Å². The minimum Gasteiger partial charge on any atom is -0.289 e. The van der Waals surface area contributed by atoms with E-state index in [4.69, 9.17) is 0 Å². The van der Waals surface area contributed by atoms with E-state index in [0.717, 1.165) is 4.90 Å². The molecule has 4 nitrogen and oxygen atoms in total. The highest BCUT2D eigenvalue weighted by molar-refractivity contribution is 9.10. The number of hydrogen-bond acceptors (Lipinski definition) is 2. The average molecular weight is 266 g/mol. The zero-order valence-corrected chi connectivity index (χ0v) is 8.54. The van der Waals surface area contributed by atoms with E-state index in [-0.39, 0.29) is 6.54 Å². The van der Waals surface area contributed by atoms with Crippen molar-refractivity contribution in [3.05, 3.63) is 10.7 Å².